The average molecular weight is 535 g/mol. The number of halogens is 3. The SMILES string of the molecule is CC(Oc1cc(Nc2nc3cc(Oc4ccnc5ccccc45)ccc3o2)ccc1C(F)(F)F)C1CCCN1. The number of fused-ring (bicyclic) bond motifs is 2. The van der Waals surface area contributed by atoms with Gasteiger partial charge in [0.25, 0.3) is 6.01 Å². The Labute approximate surface area is 222 Å². The van der Waals surface area contributed by atoms with E-state index in [9.17, 15) is 13.2 Å². The topological polar surface area (TPSA) is 81.4 Å². The zero-order valence-electron chi connectivity index (χ0n) is 21.0. The molecule has 1 fully saturated rings. The highest BCUT2D eigenvalue weighted by molar-refractivity contribution is 5.85. The molecule has 2 atom stereocenters. The number of ether oxygens (including phenoxy) is 2. The van der Waals surface area contributed by atoms with Crippen molar-refractivity contribution in [3.05, 3.63) is 78.5 Å². The van der Waals surface area contributed by atoms with E-state index in [4.69, 9.17) is 13.9 Å². The molecule has 1 saturated heterocycles. The van der Waals surface area contributed by atoms with Crippen LogP contribution in [0.2, 0.25) is 0 Å². The number of para-hydroxylation sites is 1. The van der Waals surface area contributed by atoms with Crippen LogP contribution in [0.15, 0.2) is 77.3 Å². The Morgan fingerprint density at radius 2 is 1.90 bits per heavy atom. The molecule has 7 nitrogen and oxygen atoms in total. The molecular weight excluding hydrogens is 509 g/mol. The van der Waals surface area contributed by atoms with Gasteiger partial charge in [0.05, 0.1) is 11.1 Å². The summed E-state index contributed by atoms with van der Waals surface area (Å²) in [7, 11) is 0. The molecule has 0 spiro atoms. The Balaban J connectivity index is 1.24. The van der Waals surface area contributed by atoms with Gasteiger partial charge in [0.15, 0.2) is 5.58 Å². The third kappa shape index (κ3) is 5.33. The lowest BCUT2D eigenvalue weighted by Gasteiger charge is -2.23. The molecule has 200 valence electrons. The fourth-order valence-corrected chi connectivity index (χ4v) is 4.76. The summed E-state index contributed by atoms with van der Waals surface area (Å²) in [5.74, 6) is 0.963. The molecular formula is C29H25F3N4O3. The van der Waals surface area contributed by atoms with E-state index >= 15 is 0 Å². The second-order valence-corrected chi connectivity index (χ2v) is 9.44. The van der Waals surface area contributed by atoms with Gasteiger partial charge in [0.2, 0.25) is 0 Å². The molecule has 0 radical (unpaired) electrons. The number of aromatic nitrogens is 2. The minimum absolute atomic E-state index is 0.00120. The van der Waals surface area contributed by atoms with E-state index in [-0.39, 0.29) is 17.8 Å². The highest BCUT2D eigenvalue weighted by Crippen LogP contribution is 2.39. The second-order valence-electron chi connectivity index (χ2n) is 9.44. The first kappa shape index (κ1) is 25.0. The van der Waals surface area contributed by atoms with Crippen LogP contribution in [0.3, 0.4) is 0 Å². The summed E-state index contributed by atoms with van der Waals surface area (Å²) >= 11 is 0. The summed E-state index contributed by atoms with van der Waals surface area (Å²) in [5.41, 5.74) is 1.36. The molecule has 0 saturated carbocycles. The fraction of sp³-hybridized carbons (Fsp3) is 0.241. The maximum Gasteiger partial charge on any atom is 0.419 e. The molecule has 3 aromatic carbocycles. The molecule has 2 unspecified atom stereocenters. The highest BCUT2D eigenvalue weighted by Gasteiger charge is 2.35. The Hall–Kier alpha value is -4.31. The lowest BCUT2D eigenvalue weighted by atomic mass is 10.1. The number of hydrogen-bond donors (Lipinski definition) is 2. The van der Waals surface area contributed by atoms with E-state index < -0.39 is 17.8 Å². The van der Waals surface area contributed by atoms with E-state index in [2.05, 4.69) is 20.6 Å². The van der Waals surface area contributed by atoms with Crippen LogP contribution in [0.1, 0.15) is 25.3 Å². The second kappa shape index (κ2) is 10.1. The first-order valence-electron chi connectivity index (χ1n) is 12.6. The maximum atomic E-state index is 13.7. The van der Waals surface area contributed by atoms with Crippen LogP contribution in [0.25, 0.3) is 22.0 Å². The fourth-order valence-electron chi connectivity index (χ4n) is 4.76. The molecule has 0 bridgehead atoms. The molecule has 1 aliphatic heterocycles. The summed E-state index contributed by atoms with van der Waals surface area (Å²) in [6, 6.07) is 18.5. The van der Waals surface area contributed by atoms with E-state index in [1.54, 1.807) is 37.4 Å². The molecule has 0 aliphatic carbocycles. The van der Waals surface area contributed by atoms with Crippen molar-refractivity contribution in [2.45, 2.75) is 38.1 Å². The van der Waals surface area contributed by atoms with Crippen molar-refractivity contribution in [2.75, 3.05) is 11.9 Å². The van der Waals surface area contributed by atoms with Gasteiger partial charge < -0.3 is 24.5 Å². The lowest BCUT2D eigenvalue weighted by molar-refractivity contribution is -0.139. The van der Waals surface area contributed by atoms with Gasteiger partial charge in [0, 0.05) is 35.4 Å². The number of nitrogens with zero attached hydrogens (tertiary/aromatic N) is 2. The normalized spacial score (nSPS) is 16.5. The predicted molar refractivity (Wildman–Crippen MR) is 142 cm³/mol. The molecule has 5 aromatic rings. The van der Waals surface area contributed by atoms with Gasteiger partial charge in [-0.25, -0.2) is 0 Å². The molecule has 10 heteroatoms. The van der Waals surface area contributed by atoms with Gasteiger partial charge in [-0.15, -0.1) is 0 Å². The van der Waals surface area contributed by atoms with Crippen LogP contribution in [0.4, 0.5) is 24.9 Å². The number of rotatable bonds is 7. The smallest absolute Gasteiger partial charge is 0.419 e. The molecule has 39 heavy (non-hydrogen) atoms. The van der Waals surface area contributed by atoms with Crippen molar-refractivity contribution in [1.29, 1.82) is 0 Å². The van der Waals surface area contributed by atoms with Gasteiger partial charge in [-0.05, 0) is 68.8 Å². The lowest BCUT2D eigenvalue weighted by Crippen LogP contribution is -2.36. The number of pyridine rings is 1. The van der Waals surface area contributed by atoms with Gasteiger partial charge in [-0.3, -0.25) is 4.98 Å². The van der Waals surface area contributed by atoms with Gasteiger partial charge >= 0.3 is 6.18 Å². The minimum Gasteiger partial charge on any atom is -0.488 e. The summed E-state index contributed by atoms with van der Waals surface area (Å²) in [6.45, 7) is 2.61. The Bertz CT molecular complexity index is 1620. The van der Waals surface area contributed by atoms with Gasteiger partial charge in [-0.1, -0.05) is 12.1 Å². The third-order valence-corrected chi connectivity index (χ3v) is 6.71. The number of hydrogen-bond acceptors (Lipinski definition) is 7. The largest absolute Gasteiger partial charge is 0.488 e. The monoisotopic (exact) mass is 534 g/mol. The standard InChI is InChI=1S/C29H25F3N4O3/c1-17(22-7-4-13-33-22)37-27-15-18(8-10-21(27)29(30,31)32)35-28-36-24-16-19(9-11-26(24)39-28)38-25-12-14-34-23-6-3-2-5-20(23)25/h2-3,5-6,8-12,14-17,22,33H,4,7,13H2,1H3,(H,35,36). The summed E-state index contributed by atoms with van der Waals surface area (Å²) in [5, 5.41) is 7.11. The summed E-state index contributed by atoms with van der Waals surface area (Å²) < 4.78 is 58.8. The van der Waals surface area contributed by atoms with E-state index in [0.29, 0.717) is 28.3 Å². The molecule has 1 aliphatic rings. The highest BCUT2D eigenvalue weighted by atomic mass is 19.4. The number of alkyl halides is 3. The van der Waals surface area contributed by atoms with Crippen LogP contribution in [-0.2, 0) is 6.18 Å². The van der Waals surface area contributed by atoms with Crippen molar-refractivity contribution in [3.8, 4) is 17.2 Å². The van der Waals surface area contributed by atoms with Gasteiger partial charge in [0.1, 0.15) is 28.9 Å². The molecule has 2 aromatic heterocycles. The van der Waals surface area contributed by atoms with Crippen LogP contribution < -0.4 is 20.1 Å². The average Bonchev–Trinajstić information content (AvgIpc) is 3.58. The molecule has 3 heterocycles. The number of nitrogens with one attached hydrogen (secondary N) is 2. The minimum atomic E-state index is -4.55. The van der Waals surface area contributed by atoms with E-state index in [0.717, 1.165) is 36.4 Å². The quantitative estimate of drug-likeness (QED) is 0.224. The zero-order valence-corrected chi connectivity index (χ0v) is 21.0. The number of benzene rings is 3. The van der Waals surface area contributed by atoms with Gasteiger partial charge in [-0.2, -0.15) is 18.2 Å². The molecule has 0 amide bonds. The van der Waals surface area contributed by atoms with Crippen molar-refractivity contribution in [2.24, 2.45) is 0 Å². The third-order valence-electron chi connectivity index (χ3n) is 6.71. The van der Waals surface area contributed by atoms with E-state index in [1.165, 1.54) is 12.1 Å². The van der Waals surface area contributed by atoms with Crippen LogP contribution in [0, 0.1) is 0 Å². The number of oxazole rings is 1. The first-order valence-corrected chi connectivity index (χ1v) is 12.6. The van der Waals surface area contributed by atoms with Crippen LogP contribution in [0.5, 0.6) is 17.2 Å². The first-order chi connectivity index (χ1) is 18.8. The van der Waals surface area contributed by atoms with Crippen molar-refractivity contribution < 1.29 is 27.1 Å². The zero-order chi connectivity index (χ0) is 27.0. The Kier molecular flexibility index (Phi) is 6.48. The summed E-state index contributed by atoms with van der Waals surface area (Å²) in [4.78, 5) is 8.80. The predicted octanol–water partition coefficient (Wildman–Crippen LogP) is 7.45. The number of anilines is 2. The maximum absolute atomic E-state index is 13.7. The summed E-state index contributed by atoms with van der Waals surface area (Å²) in [6.07, 6.45) is -1.47. The Morgan fingerprint density at radius 1 is 1.03 bits per heavy atom. The van der Waals surface area contributed by atoms with Crippen molar-refractivity contribution in [3.63, 3.8) is 0 Å². The van der Waals surface area contributed by atoms with Crippen LogP contribution in [-0.4, -0.2) is 28.7 Å². The van der Waals surface area contributed by atoms with Crippen molar-refractivity contribution in [1.82, 2.24) is 15.3 Å². The molecule has 2 N–H and O–H groups in total. The van der Waals surface area contributed by atoms with E-state index in [1.807, 2.05) is 24.3 Å². The van der Waals surface area contributed by atoms with Crippen LogP contribution >= 0.6 is 0 Å². The molecule has 6 rings (SSSR count). The Morgan fingerprint density at radius 3 is 2.72 bits per heavy atom. The van der Waals surface area contributed by atoms with Crippen molar-refractivity contribution >= 4 is 33.7 Å².